The zero-order chi connectivity index (χ0) is 14.5. The van der Waals surface area contributed by atoms with Crippen molar-refractivity contribution in [1.82, 2.24) is 9.78 Å². The third-order valence-corrected chi connectivity index (χ3v) is 3.18. The number of nitrogens with zero attached hydrogens (tertiary/aromatic N) is 2. The number of benzene rings is 1. The summed E-state index contributed by atoms with van der Waals surface area (Å²) in [5.41, 5.74) is 2.21. The van der Waals surface area contributed by atoms with Gasteiger partial charge in [0.05, 0.1) is 19.8 Å². The Balaban J connectivity index is 2.16. The normalized spacial score (nSPS) is 12.2. The van der Waals surface area contributed by atoms with Gasteiger partial charge < -0.3 is 14.8 Å². The van der Waals surface area contributed by atoms with Crippen molar-refractivity contribution < 1.29 is 9.47 Å². The molecular formula is C15H21N3O2. The number of nitrogens with one attached hydrogen (secondary N) is 1. The van der Waals surface area contributed by atoms with Crippen LogP contribution in [-0.2, 0) is 18.4 Å². The fourth-order valence-electron chi connectivity index (χ4n) is 2.13. The van der Waals surface area contributed by atoms with Crippen molar-refractivity contribution in [2.75, 3.05) is 19.5 Å². The number of anilines is 1. The van der Waals surface area contributed by atoms with Crippen molar-refractivity contribution in [3.63, 3.8) is 0 Å². The molecule has 1 aromatic heterocycles. The molecule has 1 atom stereocenters. The van der Waals surface area contributed by atoms with Crippen LogP contribution >= 0.6 is 0 Å². The lowest BCUT2D eigenvalue weighted by Crippen LogP contribution is -2.08. The molecule has 1 N–H and O–H groups in total. The van der Waals surface area contributed by atoms with Crippen molar-refractivity contribution in [3.05, 3.63) is 41.6 Å². The van der Waals surface area contributed by atoms with Crippen LogP contribution in [0.2, 0.25) is 0 Å². The Kier molecular flexibility index (Phi) is 4.63. The van der Waals surface area contributed by atoms with Crippen LogP contribution in [0.1, 0.15) is 24.1 Å². The minimum absolute atomic E-state index is 0.159. The number of methoxy groups -OCH3 is 2. The molecule has 0 spiro atoms. The maximum absolute atomic E-state index is 5.34. The van der Waals surface area contributed by atoms with E-state index in [-0.39, 0.29) is 6.04 Å². The Morgan fingerprint density at radius 3 is 2.70 bits per heavy atom. The zero-order valence-electron chi connectivity index (χ0n) is 12.4. The Bertz CT molecular complexity index is 566. The minimum atomic E-state index is 0.159. The van der Waals surface area contributed by atoms with Gasteiger partial charge in [-0.05, 0) is 24.6 Å². The molecule has 0 amide bonds. The van der Waals surface area contributed by atoms with Gasteiger partial charge in [-0.3, -0.25) is 4.68 Å². The maximum atomic E-state index is 5.34. The smallest absolute Gasteiger partial charge is 0.148 e. The first-order valence-corrected chi connectivity index (χ1v) is 6.56. The van der Waals surface area contributed by atoms with Crippen molar-refractivity contribution in [2.45, 2.75) is 19.6 Å². The predicted octanol–water partition coefficient (Wildman–Crippen LogP) is 2.75. The second-order valence-electron chi connectivity index (χ2n) is 4.74. The number of hydrogen-bond acceptors (Lipinski definition) is 4. The van der Waals surface area contributed by atoms with E-state index in [0.29, 0.717) is 6.61 Å². The molecule has 0 aliphatic rings. The highest BCUT2D eigenvalue weighted by Gasteiger charge is 2.10. The van der Waals surface area contributed by atoms with E-state index < -0.39 is 0 Å². The second-order valence-corrected chi connectivity index (χ2v) is 4.74. The number of aryl methyl sites for hydroxylation is 1. The van der Waals surface area contributed by atoms with E-state index in [2.05, 4.69) is 29.5 Å². The van der Waals surface area contributed by atoms with Gasteiger partial charge in [-0.2, -0.15) is 5.10 Å². The maximum Gasteiger partial charge on any atom is 0.148 e. The molecule has 1 aromatic carbocycles. The lowest BCUT2D eigenvalue weighted by molar-refractivity contribution is 0.181. The Morgan fingerprint density at radius 2 is 2.10 bits per heavy atom. The summed E-state index contributed by atoms with van der Waals surface area (Å²) in [7, 11) is 5.26. The topological polar surface area (TPSA) is 48.3 Å². The first kappa shape index (κ1) is 14.4. The average molecular weight is 275 g/mol. The number of ether oxygens (including phenoxy) is 2. The van der Waals surface area contributed by atoms with Crippen LogP contribution in [0.5, 0.6) is 5.75 Å². The highest BCUT2D eigenvalue weighted by molar-refractivity contribution is 5.42. The number of aromatic nitrogens is 2. The Labute approximate surface area is 119 Å². The van der Waals surface area contributed by atoms with Gasteiger partial charge in [-0.1, -0.05) is 6.07 Å². The summed E-state index contributed by atoms with van der Waals surface area (Å²) in [6.45, 7) is 2.64. The van der Waals surface area contributed by atoms with E-state index in [4.69, 9.17) is 9.47 Å². The van der Waals surface area contributed by atoms with E-state index in [0.717, 1.165) is 17.1 Å². The van der Waals surface area contributed by atoms with E-state index in [1.165, 1.54) is 5.56 Å². The Hall–Kier alpha value is -2.01. The molecule has 108 valence electrons. The molecule has 0 saturated heterocycles. The van der Waals surface area contributed by atoms with Crippen LogP contribution in [0.4, 0.5) is 5.82 Å². The van der Waals surface area contributed by atoms with E-state index in [9.17, 15) is 0 Å². The summed E-state index contributed by atoms with van der Waals surface area (Å²) in [6.07, 6.45) is 1.92. The van der Waals surface area contributed by atoms with E-state index in [1.54, 1.807) is 18.9 Å². The molecule has 0 aliphatic heterocycles. The highest BCUT2D eigenvalue weighted by Crippen LogP contribution is 2.25. The lowest BCUT2D eigenvalue weighted by atomic mass is 10.0. The molecule has 0 aliphatic carbocycles. The molecule has 0 saturated carbocycles. The first-order chi connectivity index (χ1) is 9.63. The third-order valence-electron chi connectivity index (χ3n) is 3.18. The highest BCUT2D eigenvalue weighted by atomic mass is 16.5. The van der Waals surface area contributed by atoms with Gasteiger partial charge in [0.1, 0.15) is 11.6 Å². The molecule has 5 heteroatoms. The van der Waals surface area contributed by atoms with Gasteiger partial charge in [0.25, 0.3) is 0 Å². The van der Waals surface area contributed by atoms with Gasteiger partial charge in [0.2, 0.25) is 0 Å². The quantitative estimate of drug-likeness (QED) is 0.880. The van der Waals surface area contributed by atoms with Crippen LogP contribution < -0.4 is 10.1 Å². The van der Waals surface area contributed by atoms with Gasteiger partial charge in [-0.15, -0.1) is 0 Å². The minimum Gasteiger partial charge on any atom is -0.496 e. The van der Waals surface area contributed by atoms with Crippen molar-refractivity contribution in [1.29, 1.82) is 0 Å². The molecule has 0 fully saturated rings. The Morgan fingerprint density at radius 1 is 1.30 bits per heavy atom. The molecule has 0 radical (unpaired) electrons. The molecular weight excluding hydrogens is 254 g/mol. The average Bonchev–Trinajstić information content (AvgIpc) is 2.84. The van der Waals surface area contributed by atoms with E-state index in [1.807, 2.05) is 25.4 Å². The summed E-state index contributed by atoms with van der Waals surface area (Å²) >= 11 is 0. The molecule has 1 heterocycles. The zero-order valence-corrected chi connectivity index (χ0v) is 12.4. The summed E-state index contributed by atoms with van der Waals surface area (Å²) in [6, 6.07) is 8.24. The molecule has 20 heavy (non-hydrogen) atoms. The summed E-state index contributed by atoms with van der Waals surface area (Å²) < 4.78 is 12.3. The van der Waals surface area contributed by atoms with Gasteiger partial charge in [-0.25, -0.2) is 0 Å². The van der Waals surface area contributed by atoms with Crippen LogP contribution in [0.15, 0.2) is 30.5 Å². The largest absolute Gasteiger partial charge is 0.496 e. The summed E-state index contributed by atoms with van der Waals surface area (Å²) in [4.78, 5) is 0. The fraction of sp³-hybridized carbons (Fsp3) is 0.400. The van der Waals surface area contributed by atoms with Gasteiger partial charge in [0, 0.05) is 32.0 Å². The predicted molar refractivity (Wildman–Crippen MR) is 79.0 cm³/mol. The van der Waals surface area contributed by atoms with E-state index >= 15 is 0 Å². The lowest BCUT2D eigenvalue weighted by Gasteiger charge is -2.16. The molecule has 5 nitrogen and oxygen atoms in total. The molecule has 0 bridgehead atoms. The van der Waals surface area contributed by atoms with Gasteiger partial charge in [0.15, 0.2) is 0 Å². The molecule has 2 rings (SSSR count). The SMILES string of the molecule is COCc1cc(C(C)Nc2ccn(C)n2)ccc1OC. The van der Waals surface area contributed by atoms with Crippen molar-refractivity contribution in [2.24, 2.45) is 7.05 Å². The van der Waals surface area contributed by atoms with Gasteiger partial charge >= 0.3 is 0 Å². The molecule has 1 unspecified atom stereocenters. The summed E-state index contributed by atoms with van der Waals surface area (Å²) in [5.74, 6) is 1.71. The van der Waals surface area contributed by atoms with Crippen LogP contribution in [-0.4, -0.2) is 24.0 Å². The summed E-state index contributed by atoms with van der Waals surface area (Å²) in [5, 5.41) is 7.70. The third kappa shape index (κ3) is 3.30. The molecule has 2 aromatic rings. The van der Waals surface area contributed by atoms with Crippen LogP contribution in [0.3, 0.4) is 0 Å². The van der Waals surface area contributed by atoms with Crippen LogP contribution in [0.25, 0.3) is 0 Å². The standard InChI is InChI=1S/C15H21N3O2/c1-11(16-15-7-8-18(2)17-15)12-5-6-14(20-4)13(9-12)10-19-3/h5-9,11H,10H2,1-4H3,(H,16,17). The first-order valence-electron chi connectivity index (χ1n) is 6.56. The number of hydrogen-bond donors (Lipinski definition) is 1. The van der Waals surface area contributed by atoms with Crippen LogP contribution in [0, 0.1) is 0 Å². The fourth-order valence-corrected chi connectivity index (χ4v) is 2.13. The number of rotatable bonds is 6. The second kappa shape index (κ2) is 6.43. The van der Waals surface area contributed by atoms with Crippen molar-refractivity contribution in [3.8, 4) is 5.75 Å². The van der Waals surface area contributed by atoms with Crippen molar-refractivity contribution >= 4 is 5.82 Å². The monoisotopic (exact) mass is 275 g/mol.